The van der Waals surface area contributed by atoms with Gasteiger partial charge in [-0.3, -0.25) is 4.79 Å². The number of nitrogens with two attached hydrogens (primary N) is 1. The fraction of sp³-hybridized carbons (Fsp3) is 0.462. The van der Waals surface area contributed by atoms with Crippen molar-refractivity contribution >= 4 is 5.78 Å². The molecule has 1 fully saturated rings. The molecule has 2 N–H and O–H groups in total. The second-order valence-corrected chi connectivity index (χ2v) is 4.61. The van der Waals surface area contributed by atoms with Crippen molar-refractivity contribution in [3.63, 3.8) is 0 Å². The van der Waals surface area contributed by atoms with Crippen LogP contribution in [0.4, 0.5) is 0 Å². The average Bonchev–Trinajstić information content (AvgIpc) is 3.12. The topological polar surface area (TPSA) is 52.3 Å². The van der Waals surface area contributed by atoms with E-state index in [2.05, 4.69) is 0 Å². The van der Waals surface area contributed by atoms with Gasteiger partial charge in [0.2, 0.25) is 0 Å². The molecule has 0 spiro atoms. The molecule has 0 radical (unpaired) electrons. The van der Waals surface area contributed by atoms with Gasteiger partial charge in [0.05, 0.1) is 12.6 Å². The monoisotopic (exact) mass is 219 g/mol. The van der Waals surface area contributed by atoms with Gasteiger partial charge < -0.3 is 10.5 Å². The summed E-state index contributed by atoms with van der Waals surface area (Å²) in [6.45, 7) is 1.83. The maximum Gasteiger partial charge on any atom is 0.182 e. The van der Waals surface area contributed by atoms with Crippen LogP contribution in [0, 0.1) is 5.92 Å². The Labute approximate surface area is 95.6 Å². The first-order valence-corrected chi connectivity index (χ1v) is 5.53. The number of Topliss-reactive ketones (excluding diaryl/α,β-unsaturated/α-hetero) is 1. The number of methoxy groups -OCH3 is 1. The molecule has 2 rings (SSSR count). The normalized spacial score (nSPS) is 18.9. The minimum atomic E-state index is -0.714. The molecule has 3 heteroatoms. The van der Waals surface area contributed by atoms with Crippen molar-refractivity contribution in [1.82, 2.24) is 0 Å². The van der Waals surface area contributed by atoms with E-state index < -0.39 is 5.54 Å². The average molecular weight is 219 g/mol. The summed E-state index contributed by atoms with van der Waals surface area (Å²) in [5.74, 6) is 1.13. The molecule has 0 aromatic heterocycles. The van der Waals surface area contributed by atoms with Crippen LogP contribution in [0.2, 0.25) is 0 Å². The van der Waals surface area contributed by atoms with E-state index in [4.69, 9.17) is 10.5 Å². The molecule has 1 aliphatic rings. The van der Waals surface area contributed by atoms with Gasteiger partial charge in [-0.15, -0.1) is 0 Å². The highest BCUT2D eigenvalue weighted by molar-refractivity contribution is 6.03. The quantitative estimate of drug-likeness (QED) is 0.788. The molecule has 0 amide bonds. The fourth-order valence-corrected chi connectivity index (χ4v) is 1.92. The van der Waals surface area contributed by atoms with E-state index in [0.29, 0.717) is 11.5 Å². The summed E-state index contributed by atoms with van der Waals surface area (Å²) in [5.41, 5.74) is 6.04. The number of ether oxygens (including phenoxy) is 1. The number of rotatable bonds is 4. The first kappa shape index (κ1) is 11.1. The second-order valence-electron chi connectivity index (χ2n) is 4.61. The highest BCUT2D eigenvalue weighted by Crippen LogP contribution is 2.39. The third-order valence-electron chi connectivity index (χ3n) is 3.27. The minimum absolute atomic E-state index is 0.0256. The molecule has 1 saturated carbocycles. The van der Waals surface area contributed by atoms with Crippen LogP contribution in [-0.4, -0.2) is 18.4 Å². The van der Waals surface area contributed by atoms with Crippen LogP contribution in [0.1, 0.15) is 30.1 Å². The van der Waals surface area contributed by atoms with Crippen LogP contribution in [-0.2, 0) is 0 Å². The molecule has 3 nitrogen and oxygen atoms in total. The fourth-order valence-electron chi connectivity index (χ4n) is 1.92. The largest absolute Gasteiger partial charge is 0.497 e. The Bertz CT molecular complexity index is 391. The van der Waals surface area contributed by atoms with Crippen molar-refractivity contribution in [2.24, 2.45) is 11.7 Å². The van der Waals surface area contributed by atoms with Gasteiger partial charge >= 0.3 is 0 Å². The number of benzene rings is 1. The zero-order valence-electron chi connectivity index (χ0n) is 9.69. The van der Waals surface area contributed by atoms with E-state index in [1.165, 1.54) is 0 Å². The van der Waals surface area contributed by atoms with Crippen LogP contribution >= 0.6 is 0 Å². The number of hydrogen-bond acceptors (Lipinski definition) is 3. The van der Waals surface area contributed by atoms with Gasteiger partial charge in [-0.25, -0.2) is 0 Å². The number of carbonyl (C=O) groups is 1. The number of ketones is 1. The zero-order chi connectivity index (χ0) is 11.8. The van der Waals surface area contributed by atoms with Crippen molar-refractivity contribution in [3.05, 3.63) is 29.8 Å². The molecule has 1 aromatic carbocycles. The molecule has 0 saturated heterocycles. The third kappa shape index (κ3) is 1.95. The van der Waals surface area contributed by atoms with E-state index in [9.17, 15) is 4.79 Å². The van der Waals surface area contributed by atoms with Crippen molar-refractivity contribution in [3.8, 4) is 5.75 Å². The Morgan fingerprint density at radius 1 is 1.38 bits per heavy atom. The minimum Gasteiger partial charge on any atom is -0.497 e. The van der Waals surface area contributed by atoms with Crippen LogP contribution in [0.3, 0.4) is 0 Å². The molecule has 1 unspecified atom stereocenters. The number of hydrogen-bond donors (Lipinski definition) is 1. The first-order chi connectivity index (χ1) is 7.55. The van der Waals surface area contributed by atoms with Gasteiger partial charge in [-0.05, 0) is 49.9 Å². The lowest BCUT2D eigenvalue weighted by molar-refractivity contribution is 0.0883. The summed E-state index contributed by atoms with van der Waals surface area (Å²) in [7, 11) is 1.61. The number of carbonyl (C=O) groups excluding carboxylic acids is 1. The SMILES string of the molecule is COc1ccc(C(=O)C(C)(N)C2CC2)cc1. The highest BCUT2D eigenvalue weighted by atomic mass is 16.5. The Morgan fingerprint density at radius 2 is 1.94 bits per heavy atom. The molecule has 1 aromatic rings. The van der Waals surface area contributed by atoms with Gasteiger partial charge in [0.25, 0.3) is 0 Å². The van der Waals surface area contributed by atoms with Gasteiger partial charge in [0, 0.05) is 5.56 Å². The Kier molecular flexibility index (Phi) is 2.72. The molecule has 0 heterocycles. The Morgan fingerprint density at radius 3 is 2.38 bits per heavy atom. The van der Waals surface area contributed by atoms with E-state index in [1.54, 1.807) is 31.4 Å². The van der Waals surface area contributed by atoms with Crippen molar-refractivity contribution in [1.29, 1.82) is 0 Å². The predicted molar refractivity (Wildman–Crippen MR) is 62.6 cm³/mol. The smallest absolute Gasteiger partial charge is 0.182 e. The first-order valence-electron chi connectivity index (χ1n) is 5.53. The summed E-state index contributed by atoms with van der Waals surface area (Å²) >= 11 is 0. The van der Waals surface area contributed by atoms with Crippen molar-refractivity contribution in [2.75, 3.05) is 7.11 Å². The van der Waals surface area contributed by atoms with Gasteiger partial charge in [-0.2, -0.15) is 0 Å². The Balaban J connectivity index is 2.19. The lowest BCUT2D eigenvalue weighted by Gasteiger charge is -2.22. The molecule has 0 aliphatic heterocycles. The maximum atomic E-state index is 12.2. The summed E-state index contributed by atoms with van der Waals surface area (Å²) in [6.07, 6.45) is 2.13. The summed E-state index contributed by atoms with van der Waals surface area (Å²) in [5, 5.41) is 0. The van der Waals surface area contributed by atoms with E-state index in [1.807, 2.05) is 6.92 Å². The van der Waals surface area contributed by atoms with Crippen LogP contribution in [0.5, 0.6) is 5.75 Å². The Hall–Kier alpha value is -1.35. The lowest BCUT2D eigenvalue weighted by Crippen LogP contribution is -2.47. The zero-order valence-corrected chi connectivity index (χ0v) is 9.69. The molecule has 86 valence electrons. The van der Waals surface area contributed by atoms with Crippen molar-refractivity contribution < 1.29 is 9.53 Å². The van der Waals surface area contributed by atoms with Gasteiger partial charge in [-0.1, -0.05) is 0 Å². The molecule has 0 bridgehead atoms. The molecular formula is C13H17NO2. The van der Waals surface area contributed by atoms with Crippen LogP contribution in [0.15, 0.2) is 24.3 Å². The van der Waals surface area contributed by atoms with Crippen LogP contribution in [0.25, 0.3) is 0 Å². The second kappa shape index (κ2) is 3.91. The molecule has 1 atom stereocenters. The van der Waals surface area contributed by atoms with Gasteiger partial charge in [0.15, 0.2) is 5.78 Å². The molecule has 1 aliphatic carbocycles. The summed E-state index contributed by atoms with van der Waals surface area (Å²) in [6, 6.07) is 7.12. The lowest BCUT2D eigenvalue weighted by atomic mass is 9.87. The van der Waals surface area contributed by atoms with Crippen LogP contribution < -0.4 is 10.5 Å². The summed E-state index contributed by atoms with van der Waals surface area (Å²) in [4.78, 5) is 12.2. The highest BCUT2D eigenvalue weighted by Gasteiger charge is 2.44. The van der Waals surface area contributed by atoms with E-state index in [0.717, 1.165) is 18.6 Å². The summed E-state index contributed by atoms with van der Waals surface area (Å²) < 4.78 is 5.05. The molecular weight excluding hydrogens is 202 g/mol. The predicted octanol–water partition coefficient (Wildman–Crippen LogP) is 2.01. The molecule has 16 heavy (non-hydrogen) atoms. The van der Waals surface area contributed by atoms with Crippen molar-refractivity contribution in [2.45, 2.75) is 25.3 Å². The third-order valence-corrected chi connectivity index (χ3v) is 3.27. The van der Waals surface area contributed by atoms with E-state index >= 15 is 0 Å². The maximum absolute atomic E-state index is 12.2. The van der Waals surface area contributed by atoms with E-state index in [-0.39, 0.29) is 5.78 Å². The standard InChI is InChI=1S/C13H17NO2/c1-13(14,10-5-6-10)12(15)9-3-7-11(16-2)8-4-9/h3-4,7-8,10H,5-6,14H2,1-2H3. The van der Waals surface area contributed by atoms with Gasteiger partial charge in [0.1, 0.15) is 5.75 Å².